The second-order valence-corrected chi connectivity index (χ2v) is 6.83. The molecule has 1 saturated carbocycles. The predicted molar refractivity (Wildman–Crippen MR) is 86.5 cm³/mol. The van der Waals surface area contributed by atoms with E-state index < -0.39 is 6.04 Å². The van der Waals surface area contributed by atoms with Gasteiger partial charge in [0.25, 0.3) is 0 Å². The highest BCUT2D eigenvalue weighted by atomic mass is 32.2. The van der Waals surface area contributed by atoms with E-state index in [0.29, 0.717) is 0 Å². The normalized spacial score (nSPS) is 16.5. The molecule has 4 nitrogen and oxygen atoms in total. The summed E-state index contributed by atoms with van der Waals surface area (Å²) in [6.45, 7) is 3.07. The Morgan fingerprint density at radius 1 is 1.19 bits per heavy atom. The number of anilines is 1. The number of hydrogen-bond acceptors (Lipinski definition) is 3. The molecule has 0 saturated heterocycles. The van der Waals surface area contributed by atoms with Crippen LogP contribution in [-0.4, -0.2) is 23.1 Å². The van der Waals surface area contributed by atoms with Crippen molar-refractivity contribution < 1.29 is 9.59 Å². The molecule has 2 N–H and O–H groups in total. The van der Waals surface area contributed by atoms with Crippen LogP contribution in [0.15, 0.2) is 29.2 Å². The van der Waals surface area contributed by atoms with Crippen LogP contribution in [0.25, 0.3) is 0 Å². The minimum atomic E-state index is -0.532. The summed E-state index contributed by atoms with van der Waals surface area (Å²) in [5, 5.41) is 6.11. The van der Waals surface area contributed by atoms with Crippen molar-refractivity contribution in [2.45, 2.75) is 55.7 Å². The van der Waals surface area contributed by atoms with Crippen molar-refractivity contribution in [3.8, 4) is 0 Å². The van der Waals surface area contributed by atoms with Gasteiger partial charge in [-0.25, -0.2) is 0 Å². The van der Waals surface area contributed by atoms with Crippen molar-refractivity contribution in [3.63, 3.8) is 0 Å². The van der Waals surface area contributed by atoms with Crippen LogP contribution in [0.2, 0.25) is 0 Å². The fraction of sp³-hybridized carbons (Fsp3) is 0.500. The number of amides is 2. The first-order valence-corrected chi connectivity index (χ1v) is 8.27. The highest BCUT2D eigenvalue weighted by molar-refractivity contribution is 8.00. The second-order valence-electron chi connectivity index (χ2n) is 5.46. The van der Waals surface area contributed by atoms with E-state index in [4.69, 9.17) is 0 Å². The Hall–Kier alpha value is -1.49. The van der Waals surface area contributed by atoms with Gasteiger partial charge in [-0.15, -0.1) is 11.8 Å². The third-order valence-corrected chi connectivity index (χ3v) is 4.89. The molecular formula is C16H22N2O2S. The highest BCUT2D eigenvalue weighted by Crippen LogP contribution is 2.34. The van der Waals surface area contributed by atoms with Crippen molar-refractivity contribution >= 4 is 29.3 Å². The van der Waals surface area contributed by atoms with Gasteiger partial charge in [0, 0.05) is 22.8 Å². The monoisotopic (exact) mass is 306 g/mol. The minimum absolute atomic E-state index is 0.207. The summed E-state index contributed by atoms with van der Waals surface area (Å²) in [5.41, 5.74) is 0.757. The summed E-state index contributed by atoms with van der Waals surface area (Å²) in [7, 11) is 0. The molecule has 0 spiro atoms. The largest absolute Gasteiger partial charge is 0.345 e. The number of nitrogens with one attached hydrogen (secondary N) is 2. The molecule has 1 atom stereocenters. The van der Waals surface area contributed by atoms with E-state index in [2.05, 4.69) is 10.6 Å². The van der Waals surface area contributed by atoms with Crippen molar-refractivity contribution in [3.05, 3.63) is 24.3 Å². The molecule has 0 aliphatic heterocycles. The molecule has 0 radical (unpaired) electrons. The zero-order valence-electron chi connectivity index (χ0n) is 12.5. The third-order valence-electron chi connectivity index (χ3n) is 3.54. The Morgan fingerprint density at radius 2 is 1.81 bits per heavy atom. The molecule has 21 heavy (non-hydrogen) atoms. The number of carbonyl (C=O) groups excluding carboxylic acids is 2. The molecule has 1 fully saturated rings. The van der Waals surface area contributed by atoms with Crippen LogP contribution in [0.3, 0.4) is 0 Å². The molecule has 1 aliphatic rings. The lowest BCUT2D eigenvalue weighted by Gasteiger charge is -2.13. The van der Waals surface area contributed by atoms with Crippen LogP contribution in [-0.2, 0) is 9.59 Å². The van der Waals surface area contributed by atoms with E-state index in [1.165, 1.54) is 37.5 Å². The Labute approximate surface area is 130 Å². The van der Waals surface area contributed by atoms with E-state index in [1.54, 1.807) is 6.92 Å². The van der Waals surface area contributed by atoms with Crippen molar-refractivity contribution in [2.75, 3.05) is 5.32 Å². The van der Waals surface area contributed by atoms with Crippen molar-refractivity contribution in [2.24, 2.45) is 0 Å². The molecule has 0 unspecified atom stereocenters. The summed E-state index contributed by atoms with van der Waals surface area (Å²) >= 11 is 1.92. The molecule has 0 bridgehead atoms. The van der Waals surface area contributed by atoms with Gasteiger partial charge in [0.1, 0.15) is 6.04 Å². The van der Waals surface area contributed by atoms with Crippen LogP contribution in [0.5, 0.6) is 0 Å². The minimum Gasteiger partial charge on any atom is -0.345 e. The molecule has 2 rings (SSSR count). The van der Waals surface area contributed by atoms with E-state index >= 15 is 0 Å². The van der Waals surface area contributed by atoms with Crippen LogP contribution < -0.4 is 10.6 Å². The topological polar surface area (TPSA) is 58.2 Å². The standard InChI is InChI=1S/C16H22N2O2S/c1-11(17-12(2)19)16(20)18-13-7-9-15(10-8-13)21-14-5-3-4-6-14/h7-11,14H,3-6H2,1-2H3,(H,17,19)(H,18,20)/t11-/m0/s1. The molecular weight excluding hydrogens is 284 g/mol. The average Bonchev–Trinajstić information content (AvgIpc) is 2.93. The summed E-state index contributed by atoms with van der Waals surface area (Å²) in [5.74, 6) is -0.414. The Kier molecular flexibility index (Phi) is 5.67. The average molecular weight is 306 g/mol. The lowest BCUT2D eigenvalue weighted by Crippen LogP contribution is -2.40. The van der Waals surface area contributed by atoms with E-state index in [9.17, 15) is 9.59 Å². The van der Waals surface area contributed by atoms with Crippen LogP contribution in [0, 0.1) is 0 Å². The zero-order chi connectivity index (χ0) is 15.2. The van der Waals surface area contributed by atoms with Gasteiger partial charge in [0.05, 0.1) is 0 Å². The number of carbonyl (C=O) groups is 2. The summed E-state index contributed by atoms with van der Waals surface area (Å²) in [4.78, 5) is 24.1. The van der Waals surface area contributed by atoms with E-state index in [0.717, 1.165) is 10.9 Å². The van der Waals surface area contributed by atoms with Gasteiger partial charge in [0.15, 0.2) is 0 Å². The first-order chi connectivity index (χ1) is 10.0. The molecule has 0 aromatic heterocycles. The number of hydrogen-bond donors (Lipinski definition) is 2. The maximum Gasteiger partial charge on any atom is 0.246 e. The predicted octanol–water partition coefficient (Wildman–Crippen LogP) is 3.18. The van der Waals surface area contributed by atoms with Crippen LogP contribution >= 0.6 is 11.8 Å². The molecule has 2 amide bonds. The van der Waals surface area contributed by atoms with Gasteiger partial charge in [-0.1, -0.05) is 12.8 Å². The van der Waals surface area contributed by atoms with Crippen molar-refractivity contribution in [1.82, 2.24) is 5.32 Å². The van der Waals surface area contributed by atoms with Gasteiger partial charge in [0.2, 0.25) is 11.8 Å². The SMILES string of the molecule is CC(=O)N[C@@H](C)C(=O)Nc1ccc(SC2CCCC2)cc1. The smallest absolute Gasteiger partial charge is 0.246 e. The third kappa shape index (κ3) is 5.08. The fourth-order valence-corrected chi connectivity index (χ4v) is 3.68. The highest BCUT2D eigenvalue weighted by Gasteiger charge is 2.16. The van der Waals surface area contributed by atoms with Crippen molar-refractivity contribution in [1.29, 1.82) is 0 Å². The van der Waals surface area contributed by atoms with Gasteiger partial charge in [-0.2, -0.15) is 0 Å². The first kappa shape index (κ1) is 15.9. The lowest BCUT2D eigenvalue weighted by atomic mass is 10.2. The van der Waals surface area contributed by atoms with E-state index in [-0.39, 0.29) is 11.8 Å². The Bertz CT molecular complexity index is 496. The van der Waals surface area contributed by atoms with Gasteiger partial charge in [-0.3, -0.25) is 9.59 Å². The summed E-state index contributed by atoms with van der Waals surface area (Å²) < 4.78 is 0. The summed E-state index contributed by atoms with van der Waals surface area (Å²) in [6.07, 6.45) is 5.29. The molecule has 5 heteroatoms. The van der Waals surface area contributed by atoms with Gasteiger partial charge in [-0.05, 0) is 44.0 Å². The Morgan fingerprint density at radius 3 is 2.38 bits per heavy atom. The molecule has 0 heterocycles. The maximum absolute atomic E-state index is 11.9. The second kappa shape index (κ2) is 7.50. The van der Waals surface area contributed by atoms with Gasteiger partial charge < -0.3 is 10.6 Å². The Balaban J connectivity index is 1.86. The zero-order valence-corrected chi connectivity index (χ0v) is 13.3. The molecule has 114 valence electrons. The number of benzene rings is 1. The summed E-state index contributed by atoms with van der Waals surface area (Å²) in [6, 6.07) is 7.38. The molecule has 1 aromatic carbocycles. The molecule has 1 aromatic rings. The van der Waals surface area contributed by atoms with Gasteiger partial charge >= 0.3 is 0 Å². The van der Waals surface area contributed by atoms with Crippen LogP contribution in [0.4, 0.5) is 5.69 Å². The lowest BCUT2D eigenvalue weighted by molar-refractivity contribution is -0.124. The molecule has 1 aliphatic carbocycles. The number of rotatable bonds is 5. The quantitative estimate of drug-likeness (QED) is 0.878. The number of thioether (sulfide) groups is 1. The van der Waals surface area contributed by atoms with E-state index in [1.807, 2.05) is 36.0 Å². The fourth-order valence-electron chi connectivity index (χ4n) is 2.44. The maximum atomic E-state index is 11.9. The van der Waals surface area contributed by atoms with Crippen LogP contribution in [0.1, 0.15) is 39.5 Å². The first-order valence-electron chi connectivity index (χ1n) is 7.39.